The molecule has 0 spiro atoms. The van der Waals surface area contributed by atoms with Crippen molar-refractivity contribution in [3.8, 4) is 22.6 Å². The molecule has 2 heterocycles. The maximum Gasteiger partial charge on any atom is 0.379 e. The van der Waals surface area contributed by atoms with Crippen LogP contribution in [0, 0.1) is 0 Å². The number of furan rings is 1. The number of hydrazone groups is 1. The van der Waals surface area contributed by atoms with Crippen LogP contribution < -0.4 is 14.9 Å². The van der Waals surface area contributed by atoms with Gasteiger partial charge < -0.3 is 18.9 Å². The lowest BCUT2D eigenvalue weighted by Crippen LogP contribution is -2.19. The summed E-state index contributed by atoms with van der Waals surface area (Å²) in [7, 11) is 0. The van der Waals surface area contributed by atoms with Crippen LogP contribution in [0.4, 0.5) is 0 Å². The third kappa shape index (κ3) is 5.77. The first-order valence-electron chi connectivity index (χ1n) is 12.0. The van der Waals surface area contributed by atoms with Crippen molar-refractivity contribution >= 4 is 68.1 Å². The number of carbonyl (C=O) groups excluding carboxylic acids is 2. The molecule has 2 N–H and O–H groups in total. The van der Waals surface area contributed by atoms with Gasteiger partial charge >= 0.3 is 5.97 Å². The number of ether oxygens (including phenoxy) is 2. The van der Waals surface area contributed by atoms with Crippen LogP contribution >= 0.6 is 39.1 Å². The summed E-state index contributed by atoms with van der Waals surface area (Å²) in [6, 6.07) is 18.8. The minimum Gasteiger partial charge on any atom is -0.490 e. The molecule has 0 aliphatic carbocycles. The highest BCUT2D eigenvalue weighted by Crippen LogP contribution is 2.40. The van der Waals surface area contributed by atoms with Crippen molar-refractivity contribution in [1.82, 2.24) is 10.4 Å². The van der Waals surface area contributed by atoms with Gasteiger partial charge in [0.05, 0.1) is 29.6 Å². The number of carbonyl (C=O) groups is 2. The van der Waals surface area contributed by atoms with Crippen LogP contribution in [0.5, 0.6) is 11.5 Å². The Morgan fingerprint density at radius 3 is 2.62 bits per heavy atom. The van der Waals surface area contributed by atoms with Crippen LogP contribution in [-0.4, -0.2) is 29.7 Å². The smallest absolute Gasteiger partial charge is 0.379 e. The number of hydrogen-bond donors (Lipinski definition) is 2. The van der Waals surface area contributed by atoms with Gasteiger partial charge in [0.25, 0.3) is 5.91 Å². The highest BCUT2D eigenvalue weighted by molar-refractivity contribution is 9.10. The highest BCUT2D eigenvalue weighted by Gasteiger charge is 2.22. The minimum absolute atomic E-state index is 0.0672. The van der Waals surface area contributed by atoms with Crippen LogP contribution in [0.2, 0.25) is 10.0 Å². The van der Waals surface area contributed by atoms with Crippen molar-refractivity contribution in [3.63, 3.8) is 0 Å². The van der Waals surface area contributed by atoms with Gasteiger partial charge in [0, 0.05) is 26.0 Å². The van der Waals surface area contributed by atoms with Crippen molar-refractivity contribution in [2.45, 2.75) is 6.92 Å². The average Bonchev–Trinajstić information content (AvgIpc) is 3.60. The molecule has 0 atom stereocenters. The Kier molecular flexibility index (Phi) is 8.25. The topological polar surface area (TPSA) is 106 Å². The molecule has 0 radical (unpaired) electrons. The van der Waals surface area contributed by atoms with Crippen molar-refractivity contribution in [2.75, 3.05) is 6.61 Å². The van der Waals surface area contributed by atoms with Crippen LogP contribution in [0.3, 0.4) is 0 Å². The molecule has 3 aromatic carbocycles. The number of hydrogen-bond acceptors (Lipinski definition) is 6. The van der Waals surface area contributed by atoms with E-state index in [-0.39, 0.29) is 17.2 Å². The fraction of sp³-hybridized carbons (Fsp3) is 0.0690. The van der Waals surface area contributed by atoms with E-state index in [2.05, 4.69) is 31.4 Å². The second kappa shape index (κ2) is 12.0. The van der Waals surface area contributed by atoms with Gasteiger partial charge in [-0.2, -0.15) is 5.10 Å². The molecule has 0 saturated carbocycles. The second-order valence-electron chi connectivity index (χ2n) is 8.37. The number of fused-ring (bicyclic) bond motifs is 1. The van der Waals surface area contributed by atoms with Gasteiger partial charge in [0.15, 0.2) is 11.5 Å². The number of benzene rings is 3. The summed E-state index contributed by atoms with van der Waals surface area (Å²) in [4.78, 5) is 28.7. The van der Waals surface area contributed by atoms with Gasteiger partial charge in [-0.05, 0) is 61.0 Å². The van der Waals surface area contributed by atoms with E-state index >= 15 is 0 Å². The molecule has 40 heavy (non-hydrogen) atoms. The standard InChI is InChI=1S/C29H20BrCl2N3O5/c1-2-38-24-12-16(9-10-22(24)40-29(37)23-8-5-11-39-23)15-33-35-28(36)27-25(18-6-3-4-7-20(18)31)19-13-17(30)14-21(32)26(19)34-27/h3-15,34H,2H2,1H3,(H,35,36). The Morgan fingerprint density at radius 1 is 1.05 bits per heavy atom. The molecule has 0 unspecified atom stereocenters. The van der Waals surface area contributed by atoms with Crippen molar-refractivity contribution < 1.29 is 23.5 Å². The van der Waals surface area contributed by atoms with E-state index in [0.717, 1.165) is 9.86 Å². The average molecular weight is 641 g/mol. The molecule has 5 aromatic rings. The van der Waals surface area contributed by atoms with Gasteiger partial charge in [0.2, 0.25) is 5.76 Å². The number of aromatic amines is 1. The van der Waals surface area contributed by atoms with E-state index in [9.17, 15) is 9.59 Å². The fourth-order valence-corrected chi connectivity index (χ4v) is 5.14. The zero-order chi connectivity index (χ0) is 28.2. The Labute approximate surface area is 247 Å². The maximum atomic E-state index is 13.3. The number of halogens is 3. The van der Waals surface area contributed by atoms with Gasteiger partial charge in [-0.3, -0.25) is 4.79 Å². The monoisotopic (exact) mass is 639 g/mol. The van der Waals surface area contributed by atoms with Crippen LogP contribution in [0.25, 0.3) is 22.0 Å². The summed E-state index contributed by atoms with van der Waals surface area (Å²) in [5.74, 6) is -0.537. The van der Waals surface area contributed by atoms with E-state index in [1.165, 1.54) is 18.5 Å². The molecule has 0 aliphatic heterocycles. The Hall–Kier alpha value is -4.05. The van der Waals surface area contributed by atoms with Crippen LogP contribution in [-0.2, 0) is 0 Å². The zero-order valence-electron chi connectivity index (χ0n) is 20.8. The van der Waals surface area contributed by atoms with Crippen molar-refractivity contribution in [3.05, 3.63) is 105 Å². The summed E-state index contributed by atoms with van der Waals surface area (Å²) in [5, 5.41) is 5.77. The summed E-state index contributed by atoms with van der Waals surface area (Å²) < 4.78 is 16.9. The summed E-state index contributed by atoms with van der Waals surface area (Å²) in [5.41, 5.74) is 5.25. The van der Waals surface area contributed by atoms with E-state index in [1.807, 2.05) is 24.3 Å². The quantitative estimate of drug-likeness (QED) is 0.0777. The molecule has 0 fully saturated rings. The van der Waals surface area contributed by atoms with Gasteiger partial charge in [0.1, 0.15) is 5.69 Å². The van der Waals surface area contributed by atoms with Crippen LogP contribution in [0.15, 0.2) is 87.0 Å². The van der Waals surface area contributed by atoms with Gasteiger partial charge in [-0.1, -0.05) is 57.3 Å². The molecule has 11 heteroatoms. The SMILES string of the molecule is CCOc1cc(C=NNC(=O)c2[nH]c3c(Cl)cc(Br)cc3c2-c2ccccc2Cl)ccc1OC(=O)c1ccco1. The van der Waals surface area contributed by atoms with Crippen LogP contribution in [0.1, 0.15) is 33.5 Å². The summed E-state index contributed by atoms with van der Waals surface area (Å²) >= 11 is 16.4. The predicted octanol–water partition coefficient (Wildman–Crippen LogP) is 7.88. The Morgan fingerprint density at radius 2 is 1.88 bits per heavy atom. The summed E-state index contributed by atoms with van der Waals surface area (Å²) in [6.45, 7) is 2.15. The molecule has 202 valence electrons. The Bertz CT molecular complexity index is 1750. The molecular weight excluding hydrogens is 621 g/mol. The molecular formula is C29H20BrCl2N3O5. The Balaban J connectivity index is 1.41. The number of aromatic nitrogens is 1. The second-order valence-corrected chi connectivity index (χ2v) is 10.1. The third-order valence-electron chi connectivity index (χ3n) is 5.77. The molecule has 0 aliphatic rings. The highest BCUT2D eigenvalue weighted by atomic mass is 79.9. The first-order chi connectivity index (χ1) is 19.4. The molecule has 5 rings (SSSR count). The molecule has 8 nitrogen and oxygen atoms in total. The minimum atomic E-state index is -0.653. The largest absolute Gasteiger partial charge is 0.490 e. The number of rotatable bonds is 8. The fourth-order valence-electron chi connectivity index (χ4n) is 4.06. The number of esters is 1. The zero-order valence-corrected chi connectivity index (χ0v) is 23.9. The number of nitrogens with one attached hydrogen (secondary N) is 2. The van der Waals surface area contributed by atoms with E-state index in [1.54, 1.807) is 43.3 Å². The third-order valence-corrected chi connectivity index (χ3v) is 6.85. The molecule has 2 aromatic heterocycles. The van der Waals surface area contributed by atoms with Crippen molar-refractivity contribution in [1.29, 1.82) is 0 Å². The molecule has 0 bridgehead atoms. The number of H-pyrrole nitrogens is 1. The lowest BCUT2D eigenvalue weighted by atomic mass is 10.0. The number of nitrogens with zero attached hydrogens (tertiary/aromatic N) is 1. The lowest BCUT2D eigenvalue weighted by Gasteiger charge is -2.10. The number of amides is 1. The lowest BCUT2D eigenvalue weighted by molar-refractivity contribution is 0.0695. The van der Waals surface area contributed by atoms with Gasteiger partial charge in [-0.15, -0.1) is 0 Å². The summed E-state index contributed by atoms with van der Waals surface area (Å²) in [6.07, 6.45) is 2.83. The first-order valence-corrected chi connectivity index (χ1v) is 13.5. The van der Waals surface area contributed by atoms with E-state index in [0.29, 0.717) is 44.6 Å². The van der Waals surface area contributed by atoms with E-state index < -0.39 is 11.9 Å². The predicted molar refractivity (Wildman–Crippen MR) is 158 cm³/mol. The van der Waals surface area contributed by atoms with Gasteiger partial charge in [-0.25, -0.2) is 10.2 Å². The van der Waals surface area contributed by atoms with Crippen molar-refractivity contribution in [2.24, 2.45) is 5.10 Å². The molecule has 1 amide bonds. The normalized spacial score (nSPS) is 11.2. The van der Waals surface area contributed by atoms with E-state index in [4.69, 9.17) is 37.1 Å². The molecule has 0 saturated heterocycles. The maximum absolute atomic E-state index is 13.3. The first kappa shape index (κ1) is 27.5.